The maximum atomic E-state index is 12.9. The van der Waals surface area contributed by atoms with Crippen LogP contribution in [0.4, 0.5) is 0 Å². The highest BCUT2D eigenvalue weighted by Crippen LogP contribution is 2.23. The average Bonchev–Trinajstić information content (AvgIpc) is 3.17. The number of rotatable bonds is 7. The predicted octanol–water partition coefficient (Wildman–Crippen LogP) is 3.01. The lowest BCUT2D eigenvalue weighted by Crippen LogP contribution is -2.50. The molecule has 1 amide bonds. The zero-order valence-corrected chi connectivity index (χ0v) is 17.3. The third-order valence-electron chi connectivity index (χ3n) is 4.85. The minimum absolute atomic E-state index is 0.154. The number of fused-ring (bicyclic) bond motifs is 1. The zero-order chi connectivity index (χ0) is 19.4. The molecule has 27 heavy (non-hydrogen) atoms. The summed E-state index contributed by atoms with van der Waals surface area (Å²) in [5, 5.41) is 4.76. The van der Waals surface area contributed by atoms with Crippen molar-refractivity contribution < 1.29 is 13.2 Å². The van der Waals surface area contributed by atoms with Crippen LogP contribution in [-0.4, -0.2) is 38.4 Å². The van der Waals surface area contributed by atoms with Gasteiger partial charge in [0.15, 0.2) is 0 Å². The second kappa shape index (κ2) is 8.63. The van der Waals surface area contributed by atoms with E-state index < -0.39 is 16.1 Å². The Morgan fingerprint density at radius 1 is 1.19 bits per heavy atom. The van der Waals surface area contributed by atoms with Crippen LogP contribution in [0.2, 0.25) is 0 Å². The van der Waals surface area contributed by atoms with Crippen LogP contribution in [0.5, 0.6) is 0 Å². The summed E-state index contributed by atoms with van der Waals surface area (Å²) < 4.78 is 28.3. The molecule has 146 valence electrons. The van der Waals surface area contributed by atoms with Crippen molar-refractivity contribution in [1.82, 2.24) is 10.0 Å². The van der Waals surface area contributed by atoms with Gasteiger partial charge in [0.05, 0.1) is 4.90 Å². The van der Waals surface area contributed by atoms with Gasteiger partial charge in [-0.05, 0) is 52.7 Å². The van der Waals surface area contributed by atoms with E-state index in [9.17, 15) is 13.2 Å². The molecule has 2 aromatic rings. The number of sulfonamides is 1. The molecule has 5 nitrogen and oxygen atoms in total. The van der Waals surface area contributed by atoms with Crippen molar-refractivity contribution in [3.05, 3.63) is 42.5 Å². The lowest BCUT2D eigenvalue weighted by atomic mass is 10.0. The first kappa shape index (κ1) is 20.2. The molecule has 2 atom stereocenters. The summed E-state index contributed by atoms with van der Waals surface area (Å²) in [5.41, 5.74) is 0. The van der Waals surface area contributed by atoms with Gasteiger partial charge in [-0.1, -0.05) is 44.2 Å². The number of benzene rings is 2. The molecule has 1 fully saturated rings. The number of hydrogen-bond acceptors (Lipinski definition) is 4. The highest BCUT2D eigenvalue weighted by molar-refractivity contribution is 7.99. The third kappa shape index (κ3) is 5.03. The molecule has 7 heteroatoms. The van der Waals surface area contributed by atoms with Crippen molar-refractivity contribution in [2.24, 2.45) is 11.8 Å². The molecule has 0 radical (unpaired) electrons. The molecule has 0 unspecified atom stereocenters. The number of amides is 1. The molecule has 0 aliphatic carbocycles. The summed E-state index contributed by atoms with van der Waals surface area (Å²) >= 11 is 1.89. The van der Waals surface area contributed by atoms with Crippen molar-refractivity contribution in [3.63, 3.8) is 0 Å². The molecule has 1 heterocycles. The van der Waals surface area contributed by atoms with Crippen LogP contribution in [0.25, 0.3) is 10.8 Å². The molecular weight excluding hydrogens is 380 g/mol. The third-order valence-corrected chi connectivity index (χ3v) is 7.52. The number of carbonyl (C=O) groups is 1. The van der Waals surface area contributed by atoms with E-state index in [1.54, 1.807) is 18.2 Å². The highest BCUT2D eigenvalue weighted by atomic mass is 32.2. The van der Waals surface area contributed by atoms with Gasteiger partial charge in [0.1, 0.15) is 6.04 Å². The van der Waals surface area contributed by atoms with Crippen LogP contribution < -0.4 is 10.0 Å². The first-order chi connectivity index (χ1) is 12.9. The van der Waals surface area contributed by atoms with E-state index >= 15 is 0 Å². The zero-order valence-electron chi connectivity index (χ0n) is 15.6. The summed E-state index contributed by atoms with van der Waals surface area (Å²) in [6, 6.07) is 11.8. The first-order valence-electron chi connectivity index (χ1n) is 9.23. The quantitative estimate of drug-likeness (QED) is 0.741. The molecule has 0 aromatic heterocycles. The van der Waals surface area contributed by atoms with Crippen molar-refractivity contribution >= 4 is 38.5 Å². The first-order valence-corrected chi connectivity index (χ1v) is 11.9. The lowest BCUT2D eigenvalue weighted by molar-refractivity contribution is -0.123. The van der Waals surface area contributed by atoms with E-state index in [2.05, 4.69) is 10.0 Å². The van der Waals surface area contributed by atoms with Crippen molar-refractivity contribution in [2.45, 2.75) is 31.2 Å². The van der Waals surface area contributed by atoms with E-state index in [1.807, 2.05) is 49.9 Å². The van der Waals surface area contributed by atoms with Gasteiger partial charge in [0, 0.05) is 6.54 Å². The standard InChI is InChI=1S/C20H26N2O3S2/c1-14(2)19(20(23)21-12-15-9-10-26-13-15)22-27(24,25)18-8-7-16-5-3-4-6-17(16)11-18/h3-8,11,14-15,19,22H,9-10,12-13H2,1-2H3,(H,21,23)/t15-,19-/m1/s1. The minimum atomic E-state index is -3.79. The molecule has 3 rings (SSSR count). The van der Waals surface area contributed by atoms with Crippen molar-refractivity contribution in [3.8, 4) is 0 Å². The Bertz CT molecular complexity index is 906. The van der Waals surface area contributed by atoms with E-state index in [0.29, 0.717) is 12.5 Å². The second-order valence-electron chi connectivity index (χ2n) is 7.33. The predicted molar refractivity (Wildman–Crippen MR) is 111 cm³/mol. The number of nitrogens with one attached hydrogen (secondary N) is 2. The Morgan fingerprint density at radius 2 is 1.93 bits per heavy atom. The maximum absolute atomic E-state index is 12.9. The van der Waals surface area contributed by atoms with Gasteiger partial charge >= 0.3 is 0 Å². The van der Waals surface area contributed by atoms with E-state index in [1.165, 1.54) is 0 Å². The number of carbonyl (C=O) groups excluding carboxylic acids is 1. The summed E-state index contributed by atoms with van der Waals surface area (Å²) in [6.45, 7) is 4.30. The molecule has 0 spiro atoms. The van der Waals surface area contributed by atoms with Gasteiger partial charge in [0.25, 0.3) is 0 Å². The van der Waals surface area contributed by atoms with Gasteiger partial charge in [-0.15, -0.1) is 0 Å². The average molecular weight is 407 g/mol. The smallest absolute Gasteiger partial charge is 0.241 e. The molecular formula is C20H26N2O3S2. The molecule has 1 aliphatic heterocycles. The normalized spacial score (nSPS) is 18.7. The van der Waals surface area contributed by atoms with Crippen molar-refractivity contribution in [2.75, 3.05) is 18.1 Å². The van der Waals surface area contributed by atoms with Gasteiger partial charge in [0.2, 0.25) is 15.9 Å². The lowest BCUT2D eigenvalue weighted by Gasteiger charge is -2.22. The Kier molecular flexibility index (Phi) is 6.44. The minimum Gasteiger partial charge on any atom is -0.354 e. The topological polar surface area (TPSA) is 75.3 Å². The summed E-state index contributed by atoms with van der Waals surface area (Å²) in [6.07, 6.45) is 1.10. The Labute approximate surface area is 165 Å². The fourth-order valence-electron chi connectivity index (χ4n) is 3.16. The van der Waals surface area contributed by atoms with Gasteiger partial charge < -0.3 is 5.32 Å². The Morgan fingerprint density at radius 3 is 2.59 bits per heavy atom. The molecule has 2 N–H and O–H groups in total. The largest absolute Gasteiger partial charge is 0.354 e. The Hall–Kier alpha value is -1.57. The van der Waals surface area contributed by atoms with Crippen LogP contribution >= 0.6 is 11.8 Å². The van der Waals surface area contributed by atoms with Crippen LogP contribution in [0.3, 0.4) is 0 Å². The van der Waals surface area contributed by atoms with E-state index in [4.69, 9.17) is 0 Å². The van der Waals surface area contributed by atoms with Crippen molar-refractivity contribution in [1.29, 1.82) is 0 Å². The van der Waals surface area contributed by atoms with Crippen LogP contribution in [-0.2, 0) is 14.8 Å². The maximum Gasteiger partial charge on any atom is 0.241 e. The monoisotopic (exact) mass is 406 g/mol. The molecule has 0 saturated carbocycles. The van der Waals surface area contributed by atoms with Crippen LogP contribution in [0.15, 0.2) is 47.4 Å². The van der Waals surface area contributed by atoms with Gasteiger partial charge in [-0.2, -0.15) is 16.5 Å². The second-order valence-corrected chi connectivity index (χ2v) is 10.2. The fraction of sp³-hybridized carbons (Fsp3) is 0.450. The number of thioether (sulfide) groups is 1. The molecule has 1 aliphatic rings. The fourth-order valence-corrected chi connectivity index (χ4v) is 5.82. The van der Waals surface area contributed by atoms with Crippen LogP contribution in [0, 0.1) is 11.8 Å². The highest BCUT2D eigenvalue weighted by Gasteiger charge is 2.29. The Balaban J connectivity index is 1.74. The SMILES string of the molecule is CC(C)[C@@H](NS(=O)(=O)c1ccc2ccccc2c1)C(=O)NC[C@H]1CCSC1. The summed E-state index contributed by atoms with van der Waals surface area (Å²) in [4.78, 5) is 12.8. The summed E-state index contributed by atoms with van der Waals surface area (Å²) in [7, 11) is -3.79. The van der Waals surface area contributed by atoms with Crippen LogP contribution in [0.1, 0.15) is 20.3 Å². The molecule has 1 saturated heterocycles. The number of hydrogen-bond donors (Lipinski definition) is 2. The molecule has 2 aromatic carbocycles. The van der Waals surface area contributed by atoms with E-state index in [0.717, 1.165) is 28.7 Å². The van der Waals surface area contributed by atoms with E-state index in [-0.39, 0.29) is 16.7 Å². The van der Waals surface area contributed by atoms with Gasteiger partial charge in [-0.25, -0.2) is 8.42 Å². The van der Waals surface area contributed by atoms with Gasteiger partial charge in [-0.3, -0.25) is 4.79 Å². The summed E-state index contributed by atoms with van der Waals surface area (Å²) in [5.74, 6) is 2.24. The molecule has 0 bridgehead atoms.